The first-order valence-corrected chi connectivity index (χ1v) is 11.2. The van der Waals surface area contributed by atoms with Gasteiger partial charge < -0.3 is 4.90 Å². The third-order valence-electron chi connectivity index (χ3n) is 4.68. The second-order valence-electron chi connectivity index (χ2n) is 6.72. The molecule has 4 rings (SSSR count). The second kappa shape index (κ2) is 8.41. The summed E-state index contributed by atoms with van der Waals surface area (Å²) in [6.07, 6.45) is 0.981. The van der Waals surface area contributed by atoms with Gasteiger partial charge in [-0.05, 0) is 37.6 Å². The number of aryl methyl sites for hydroxylation is 1. The second-order valence-corrected chi connectivity index (χ2v) is 9.14. The monoisotopic (exact) mass is 410 g/mol. The number of rotatable bonds is 4. The average Bonchev–Trinajstić information content (AvgIpc) is 2.99. The van der Waals surface area contributed by atoms with Crippen LogP contribution in [-0.2, 0) is 4.79 Å². The molecule has 0 saturated carbocycles. The number of carbonyl (C=O) groups is 1. The number of nitrogens with zero attached hydrogens (tertiary/aromatic N) is 4. The van der Waals surface area contributed by atoms with Gasteiger partial charge in [-0.15, -0.1) is 22.0 Å². The smallest absolute Gasteiger partial charge is 0.237 e. The number of fused-ring (bicyclic) bond motifs is 1. The molecule has 2 heterocycles. The maximum atomic E-state index is 13.1. The standard InChI is InChI=1S/C21H22N4OS2/c1-15-12-13-24(18-10-6-7-11-19(18)28-15)20(26)14-27-21-23-22-16(2)25(21)17-8-4-3-5-9-17/h3-11,15H,12-14H2,1-2H3/t15-/m0/s1. The lowest BCUT2D eigenvalue weighted by atomic mass is 10.2. The van der Waals surface area contributed by atoms with Crippen molar-refractivity contribution in [1.29, 1.82) is 0 Å². The molecule has 5 nitrogen and oxygen atoms in total. The Bertz CT molecular complexity index is 974. The molecule has 28 heavy (non-hydrogen) atoms. The van der Waals surface area contributed by atoms with E-state index in [9.17, 15) is 4.79 Å². The quantitative estimate of drug-likeness (QED) is 0.589. The third-order valence-corrected chi connectivity index (χ3v) is 6.83. The normalized spacial score (nSPS) is 16.5. The van der Waals surface area contributed by atoms with Crippen LogP contribution in [0.2, 0.25) is 0 Å². The number of anilines is 1. The van der Waals surface area contributed by atoms with Gasteiger partial charge in [-0.2, -0.15) is 0 Å². The van der Waals surface area contributed by atoms with E-state index in [2.05, 4.69) is 23.2 Å². The number of para-hydroxylation sites is 2. The summed E-state index contributed by atoms with van der Waals surface area (Å²) in [5.74, 6) is 1.25. The van der Waals surface area contributed by atoms with Crippen molar-refractivity contribution in [2.75, 3.05) is 17.2 Å². The van der Waals surface area contributed by atoms with E-state index < -0.39 is 0 Å². The summed E-state index contributed by atoms with van der Waals surface area (Å²) in [4.78, 5) is 16.2. The molecule has 7 heteroatoms. The number of carbonyl (C=O) groups excluding carboxylic acids is 1. The Morgan fingerprint density at radius 1 is 1.14 bits per heavy atom. The molecule has 0 N–H and O–H groups in total. The van der Waals surface area contributed by atoms with E-state index >= 15 is 0 Å². The van der Waals surface area contributed by atoms with E-state index in [1.165, 1.54) is 16.7 Å². The van der Waals surface area contributed by atoms with Gasteiger partial charge in [-0.3, -0.25) is 9.36 Å². The molecular weight excluding hydrogens is 388 g/mol. The maximum Gasteiger partial charge on any atom is 0.237 e. The number of aromatic nitrogens is 3. The van der Waals surface area contributed by atoms with Crippen molar-refractivity contribution in [1.82, 2.24) is 14.8 Å². The number of benzene rings is 2. The van der Waals surface area contributed by atoms with Crippen molar-refractivity contribution in [3.63, 3.8) is 0 Å². The minimum Gasteiger partial charge on any atom is -0.311 e. The van der Waals surface area contributed by atoms with Crippen molar-refractivity contribution in [3.8, 4) is 5.69 Å². The van der Waals surface area contributed by atoms with Crippen molar-refractivity contribution >= 4 is 35.1 Å². The molecule has 0 fully saturated rings. The van der Waals surface area contributed by atoms with Gasteiger partial charge in [0.05, 0.1) is 11.4 Å². The molecule has 144 valence electrons. The summed E-state index contributed by atoms with van der Waals surface area (Å²) in [5.41, 5.74) is 2.02. The zero-order valence-electron chi connectivity index (χ0n) is 15.9. The van der Waals surface area contributed by atoms with Crippen LogP contribution in [0.3, 0.4) is 0 Å². The largest absolute Gasteiger partial charge is 0.311 e. The van der Waals surface area contributed by atoms with E-state index in [-0.39, 0.29) is 5.91 Å². The van der Waals surface area contributed by atoms with E-state index in [0.29, 0.717) is 11.0 Å². The van der Waals surface area contributed by atoms with E-state index in [0.717, 1.165) is 35.3 Å². The van der Waals surface area contributed by atoms with Crippen molar-refractivity contribution < 1.29 is 4.79 Å². The Kier molecular flexibility index (Phi) is 5.73. The van der Waals surface area contributed by atoms with Crippen LogP contribution in [0.4, 0.5) is 5.69 Å². The van der Waals surface area contributed by atoms with Gasteiger partial charge in [0, 0.05) is 22.4 Å². The summed E-state index contributed by atoms with van der Waals surface area (Å²) in [6, 6.07) is 18.2. The Morgan fingerprint density at radius 3 is 2.71 bits per heavy atom. The zero-order chi connectivity index (χ0) is 19.5. The predicted octanol–water partition coefficient (Wildman–Crippen LogP) is 4.59. The lowest BCUT2D eigenvalue weighted by molar-refractivity contribution is -0.116. The highest BCUT2D eigenvalue weighted by molar-refractivity contribution is 8.00. The summed E-state index contributed by atoms with van der Waals surface area (Å²) < 4.78 is 1.99. The summed E-state index contributed by atoms with van der Waals surface area (Å²) in [7, 11) is 0. The van der Waals surface area contributed by atoms with Crippen LogP contribution < -0.4 is 4.90 Å². The third kappa shape index (κ3) is 3.95. The van der Waals surface area contributed by atoms with Gasteiger partial charge in [-0.25, -0.2) is 0 Å². The summed E-state index contributed by atoms with van der Waals surface area (Å²) in [5, 5.41) is 9.73. The fraction of sp³-hybridized carbons (Fsp3) is 0.286. The molecule has 0 saturated heterocycles. The molecule has 0 radical (unpaired) electrons. The van der Waals surface area contributed by atoms with E-state index in [4.69, 9.17) is 0 Å². The maximum absolute atomic E-state index is 13.1. The van der Waals surface area contributed by atoms with Gasteiger partial charge >= 0.3 is 0 Å². The van der Waals surface area contributed by atoms with Crippen molar-refractivity contribution in [2.45, 2.75) is 35.6 Å². The molecule has 1 amide bonds. The first kappa shape index (κ1) is 19.1. The fourth-order valence-corrected chi connectivity index (χ4v) is 5.25. The zero-order valence-corrected chi connectivity index (χ0v) is 17.5. The van der Waals surface area contributed by atoms with Crippen molar-refractivity contribution in [3.05, 3.63) is 60.4 Å². The van der Waals surface area contributed by atoms with Gasteiger partial charge in [0.15, 0.2) is 5.16 Å². The Labute approximate surface area is 173 Å². The highest BCUT2D eigenvalue weighted by Gasteiger charge is 2.24. The molecule has 1 aliphatic heterocycles. The molecule has 0 spiro atoms. The van der Waals surface area contributed by atoms with Gasteiger partial charge in [0.2, 0.25) is 5.91 Å². The van der Waals surface area contributed by atoms with Crippen molar-refractivity contribution in [2.24, 2.45) is 0 Å². The van der Waals surface area contributed by atoms with Gasteiger partial charge in [0.25, 0.3) is 0 Å². The van der Waals surface area contributed by atoms with Crippen LogP contribution in [0.5, 0.6) is 0 Å². The van der Waals surface area contributed by atoms with Gasteiger partial charge in [0.1, 0.15) is 5.82 Å². The molecule has 0 aliphatic carbocycles. The van der Waals surface area contributed by atoms with Crippen LogP contribution in [0.25, 0.3) is 5.69 Å². The molecule has 2 aromatic carbocycles. The molecule has 1 atom stereocenters. The molecule has 1 aromatic heterocycles. The molecular formula is C21H22N4OS2. The Morgan fingerprint density at radius 2 is 1.89 bits per heavy atom. The molecule has 3 aromatic rings. The SMILES string of the molecule is Cc1nnc(SCC(=O)N2CC[C@H](C)Sc3ccccc32)n1-c1ccccc1. The minimum absolute atomic E-state index is 0.104. The lowest BCUT2D eigenvalue weighted by Crippen LogP contribution is -2.33. The lowest BCUT2D eigenvalue weighted by Gasteiger charge is -2.22. The topological polar surface area (TPSA) is 51.0 Å². The first-order chi connectivity index (χ1) is 13.6. The highest BCUT2D eigenvalue weighted by atomic mass is 32.2. The van der Waals surface area contributed by atoms with Crippen LogP contribution in [0.1, 0.15) is 19.2 Å². The minimum atomic E-state index is 0.104. The molecule has 0 unspecified atom stereocenters. The average molecular weight is 411 g/mol. The first-order valence-electron chi connectivity index (χ1n) is 9.30. The molecule has 0 bridgehead atoms. The van der Waals surface area contributed by atoms with Crippen LogP contribution in [0, 0.1) is 6.92 Å². The van der Waals surface area contributed by atoms with Crippen LogP contribution in [0.15, 0.2) is 64.6 Å². The van der Waals surface area contributed by atoms with Crippen LogP contribution in [-0.4, -0.2) is 38.2 Å². The fourth-order valence-electron chi connectivity index (χ4n) is 3.26. The summed E-state index contributed by atoms with van der Waals surface area (Å²) in [6.45, 7) is 4.89. The number of hydrogen-bond acceptors (Lipinski definition) is 5. The van der Waals surface area contributed by atoms with E-state index in [1.54, 1.807) is 0 Å². The number of hydrogen-bond donors (Lipinski definition) is 0. The Hall–Kier alpha value is -2.25. The van der Waals surface area contributed by atoms with Crippen LogP contribution >= 0.6 is 23.5 Å². The molecule has 1 aliphatic rings. The predicted molar refractivity (Wildman–Crippen MR) is 116 cm³/mol. The number of thioether (sulfide) groups is 2. The highest BCUT2D eigenvalue weighted by Crippen LogP contribution is 2.37. The van der Waals surface area contributed by atoms with Gasteiger partial charge in [-0.1, -0.05) is 49.0 Å². The number of amides is 1. The van der Waals surface area contributed by atoms with E-state index in [1.807, 2.05) is 76.7 Å². The summed E-state index contributed by atoms with van der Waals surface area (Å²) >= 11 is 3.28. The Balaban J connectivity index is 1.53.